The highest BCUT2D eigenvalue weighted by Gasteiger charge is 2.25. The van der Waals surface area contributed by atoms with E-state index in [1.165, 1.54) is 11.3 Å². The van der Waals surface area contributed by atoms with Gasteiger partial charge in [-0.2, -0.15) is 5.10 Å². The lowest BCUT2D eigenvalue weighted by atomic mass is 10.1. The highest BCUT2D eigenvalue weighted by molar-refractivity contribution is 5.93. The van der Waals surface area contributed by atoms with Crippen molar-refractivity contribution < 1.29 is 9.53 Å². The van der Waals surface area contributed by atoms with Gasteiger partial charge in [0, 0.05) is 48.1 Å². The van der Waals surface area contributed by atoms with Gasteiger partial charge in [-0.15, -0.1) is 0 Å². The van der Waals surface area contributed by atoms with E-state index in [0.29, 0.717) is 18.2 Å². The largest absolute Gasteiger partial charge is 0.369 e. The van der Waals surface area contributed by atoms with Crippen LogP contribution < -0.4 is 5.73 Å². The minimum Gasteiger partial charge on any atom is -0.369 e. The number of nitrogens with two attached hydrogens (primary N) is 1. The van der Waals surface area contributed by atoms with E-state index >= 15 is 0 Å². The first kappa shape index (κ1) is 22.2. The molecule has 0 radical (unpaired) electrons. The number of carbonyl (C=O) groups excluding carboxylic acids is 1. The zero-order chi connectivity index (χ0) is 22.8. The highest BCUT2D eigenvalue weighted by Crippen LogP contribution is 2.26. The Balaban J connectivity index is 1.50. The molecule has 0 aliphatic carbocycles. The molecular formula is C25H31N5O2. The molecule has 0 bridgehead atoms. The molecule has 1 atom stereocenters. The highest BCUT2D eigenvalue weighted by atomic mass is 16.5. The molecule has 32 heavy (non-hydrogen) atoms. The molecule has 1 aromatic carbocycles. The van der Waals surface area contributed by atoms with Crippen molar-refractivity contribution in [2.45, 2.75) is 46.4 Å². The molecule has 7 nitrogen and oxygen atoms in total. The zero-order valence-electron chi connectivity index (χ0n) is 19.2. The molecule has 1 saturated heterocycles. The van der Waals surface area contributed by atoms with Crippen LogP contribution >= 0.6 is 0 Å². The predicted molar refractivity (Wildman–Crippen MR) is 124 cm³/mol. The number of primary amides is 1. The minimum absolute atomic E-state index is 0.0886. The number of pyridine rings is 1. The molecule has 2 aromatic heterocycles. The van der Waals surface area contributed by atoms with Crippen LogP contribution in [-0.4, -0.2) is 45.3 Å². The molecule has 0 saturated carbocycles. The third kappa shape index (κ3) is 4.59. The van der Waals surface area contributed by atoms with Crippen molar-refractivity contribution in [1.82, 2.24) is 19.7 Å². The average Bonchev–Trinajstić information content (AvgIpc) is 3.08. The molecular weight excluding hydrogens is 402 g/mol. The Bertz CT molecular complexity index is 1100. The van der Waals surface area contributed by atoms with Gasteiger partial charge in [-0.3, -0.25) is 19.4 Å². The van der Waals surface area contributed by atoms with Crippen LogP contribution in [0.4, 0.5) is 0 Å². The fourth-order valence-corrected chi connectivity index (χ4v) is 4.27. The third-order valence-corrected chi connectivity index (χ3v) is 6.06. The van der Waals surface area contributed by atoms with E-state index in [4.69, 9.17) is 20.6 Å². The lowest BCUT2D eigenvalue weighted by Gasteiger charge is -2.33. The molecule has 0 spiro atoms. The van der Waals surface area contributed by atoms with E-state index in [-0.39, 0.29) is 6.10 Å². The van der Waals surface area contributed by atoms with E-state index in [9.17, 15) is 4.79 Å². The van der Waals surface area contributed by atoms with Gasteiger partial charge in [0.25, 0.3) is 0 Å². The molecule has 4 rings (SSSR count). The van der Waals surface area contributed by atoms with Crippen LogP contribution in [-0.2, 0) is 11.3 Å². The molecule has 1 amide bonds. The van der Waals surface area contributed by atoms with Gasteiger partial charge in [0.1, 0.15) is 6.10 Å². The van der Waals surface area contributed by atoms with E-state index in [1.54, 1.807) is 12.1 Å². The number of aromatic nitrogens is 3. The van der Waals surface area contributed by atoms with Gasteiger partial charge in [-0.25, -0.2) is 0 Å². The Kier molecular flexibility index (Phi) is 6.39. The van der Waals surface area contributed by atoms with Crippen LogP contribution in [0.15, 0.2) is 42.5 Å². The summed E-state index contributed by atoms with van der Waals surface area (Å²) in [6, 6.07) is 13.5. The molecule has 168 valence electrons. The number of morpholine rings is 1. The monoisotopic (exact) mass is 433 g/mol. The minimum atomic E-state index is -0.432. The fourth-order valence-electron chi connectivity index (χ4n) is 4.27. The Labute approximate surface area is 189 Å². The first-order chi connectivity index (χ1) is 15.3. The maximum absolute atomic E-state index is 11.3. The van der Waals surface area contributed by atoms with Crippen molar-refractivity contribution in [3.05, 3.63) is 70.7 Å². The van der Waals surface area contributed by atoms with Crippen molar-refractivity contribution in [3.8, 4) is 11.3 Å². The van der Waals surface area contributed by atoms with Crippen molar-refractivity contribution in [2.24, 2.45) is 5.73 Å². The van der Waals surface area contributed by atoms with Crippen LogP contribution in [0.25, 0.3) is 11.3 Å². The van der Waals surface area contributed by atoms with E-state index in [1.807, 2.05) is 30.3 Å². The molecule has 7 heteroatoms. The second-order valence-corrected chi connectivity index (χ2v) is 8.67. The first-order valence-electron chi connectivity index (χ1n) is 11.1. The van der Waals surface area contributed by atoms with Gasteiger partial charge in [0.15, 0.2) is 0 Å². The Morgan fingerprint density at radius 1 is 1.19 bits per heavy atom. The number of hydrogen-bond acceptors (Lipinski definition) is 5. The Morgan fingerprint density at radius 2 is 1.94 bits per heavy atom. The summed E-state index contributed by atoms with van der Waals surface area (Å²) in [5, 5.41) is 4.73. The van der Waals surface area contributed by atoms with Crippen LogP contribution in [0.5, 0.6) is 0 Å². The van der Waals surface area contributed by atoms with Crippen molar-refractivity contribution >= 4 is 5.91 Å². The van der Waals surface area contributed by atoms with E-state index < -0.39 is 5.91 Å². The average molecular weight is 434 g/mol. The summed E-state index contributed by atoms with van der Waals surface area (Å²) >= 11 is 0. The van der Waals surface area contributed by atoms with Gasteiger partial charge in [0.2, 0.25) is 5.91 Å². The van der Waals surface area contributed by atoms with Crippen molar-refractivity contribution in [2.75, 3.05) is 19.7 Å². The number of hydrogen-bond donors (Lipinski definition) is 1. The maximum atomic E-state index is 11.3. The summed E-state index contributed by atoms with van der Waals surface area (Å²) < 4.78 is 8.20. The number of amides is 1. The topological polar surface area (TPSA) is 86.3 Å². The molecule has 3 heterocycles. The number of rotatable bonds is 6. The van der Waals surface area contributed by atoms with Gasteiger partial charge in [-0.05, 0) is 52.0 Å². The summed E-state index contributed by atoms with van der Waals surface area (Å²) in [5.41, 5.74) is 12.2. The third-order valence-electron chi connectivity index (χ3n) is 6.06. The number of nitrogens with zero attached hydrogens (tertiary/aromatic N) is 4. The lowest BCUT2D eigenvalue weighted by molar-refractivity contribution is -0.0350. The summed E-state index contributed by atoms with van der Waals surface area (Å²) in [6.45, 7) is 11.8. The van der Waals surface area contributed by atoms with Crippen LogP contribution in [0.3, 0.4) is 0 Å². The summed E-state index contributed by atoms with van der Waals surface area (Å²) in [4.78, 5) is 18.6. The molecule has 1 aliphatic heterocycles. The van der Waals surface area contributed by atoms with Gasteiger partial charge in [-0.1, -0.05) is 18.2 Å². The second-order valence-electron chi connectivity index (χ2n) is 8.67. The molecule has 3 aromatic rings. The second kappa shape index (κ2) is 9.22. The van der Waals surface area contributed by atoms with Gasteiger partial charge >= 0.3 is 0 Å². The van der Waals surface area contributed by atoms with E-state index in [2.05, 4.69) is 37.3 Å². The van der Waals surface area contributed by atoms with E-state index in [0.717, 1.165) is 42.3 Å². The smallest absolute Gasteiger partial charge is 0.248 e. The quantitative estimate of drug-likeness (QED) is 0.639. The fraction of sp³-hybridized carbons (Fsp3) is 0.400. The Morgan fingerprint density at radius 3 is 2.59 bits per heavy atom. The number of aryl methyl sites for hydroxylation is 1. The molecule has 2 N–H and O–H groups in total. The summed E-state index contributed by atoms with van der Waals surface area (Å²) in [5.74, 6) is -0.432. The van der Waals surface area contributed by atoms with Gasteiger partial charge in [0.05, 0.1) is 23.7 Å². The Hall–Kier alpha value is -3.03. The van der Waals surface area contributed by atoms with Crippen LogP contribution in [0, 0.1) is 13.8 Å². The summed E-state index contributed by atoms with van der Waals surface area (Å²) in [6.07, 6.45) is -0.0886. The number of ether oxygens (including phenoxy) is 1. The molecule has 1 unspecified atom stereocenters. The van der Waals surface area contributed by atoms with Crippen molar-refractivity contribution in [3.63, 3.8) is 0 Å². The predicted octanol–water partition coefficient (Wildman–Crippen LogP) is 3.82. The normalized spacial score (nSPS) is 17.1. The lowest BCUT2D eigenvalue weighted by Crippen LogP contribution is -2.38. The summed E-state index contributed by atoms with van der Waals surface area (Å²) in [7, 11) is 0. The van der Waals surface area contributed by atoms with Crippen molar-refractivity contribution in [1.29, 1.82) is 0 Å². The molecule has 1 aliphatic rings. The zero-order valence-corrected chi connectivity index (χ0v) is 19.2. The van der Waals surface area contributed by atoms with Crippen LogP contribution in [0.2, 0.25) is 0 Å². The maximum Gasteiger partial charge on any atom is 0.248 e. The standard InChI is InChI=1S/C25H31N5O2/c1-16(2)30-18(4)21(17(3)28-30)14-29-12-13-32-24(15-29)23-7-5-6-22(27-23)19-8-10-20(11-9-19)25(26)31/h5-11,16,24H,12-15H2,1-4H3,(H2,26,31). The number of carbonyl (C=O) groups is 1. The molecule has 1 fully saturated rings. The number of benzene rings is 1. The van der Waals surface area contributed by atoms with Gasteiger partial charge < -0.3 is 10.5 Å². The SMILES string of the molecule is Cc1nn(C(C)C)c(C)c1CN1CCOC(c2cccc(-c3ccc(C(N)=O)cc3)n2)C1. The van der Waals surface area contributed by atoms with Crippen LogP contribution in [0.1, 0.15) is 59.0 Å². The first-order valence-corrected chi connectivity index (χ1v) is 11.1.